The SMILES string of the molecule is N#Cc1ccc(-c2ccncc2)n2nc(C(F)(F)F)nc12. The lowest BCUT2D eigenvalue weighted by Gasteiger charge is -2.04. The van der Waals surface area contributed by atoms with Crippen LogP contribution in [-0.4, -0.2) is 19.6 Å². The molecular formula is C13H6F3N5. The Hall–Kier alpha value is -2.95. The maximum atomic E-state index is 12.8. The van der Waals surface area contributed by atoms with Gasteiger partial charge >= 0.3 is 6.18 Å². The van der Waals surface area contributed by atoms with Gasteiger partial charge in [-0.1, -0.05) is 0 Å². The number of alkyl halides is 3. The summed E-state index contributed by atoms with van der Waals surface area (Å²) in [6.07, 6.45) is -1.64. The predicted octanol–water partition coefficient (Wildman–Crippen LogP) is 2.68. The van der Waals surface area contributed by atoms with Crippen molar-refractivity contribution in [3.63, 3.8) is 0 Å². The summed E-state index contributed by atoms with van der Waals surface area (Å²) in [4.78, 5) is 7.28. The first-order valence-electron chi connectivity index (χ1n) is 5.78. The fourth-order valence-electron chi connectivity index (χ4n) is 1.91. The van der Waals surface area contributed by atoms with Crippen LogP contribution in [0.3, 0.4) is 0 Å². The van der Waals surface area contributed by atoms with Crippen LogP contribution < -0.4 is 0 Å². The van der Waals surface area contributed by atoms with Crippen LogP contribution in [0.1, 0.15) is 11.4 Å². The standard InChI is InChI=1S/C13H6F3N5/c14-13(15,16)12-19-11-9(7-17)1-2-10(21(11)20-12)8-3-5-18-6-4-8/h1-6H. The van der Waals surface area contributed by atoms with Gasteiger partial charge in [-0.05, 0) is 24.3 Å². The first-order valence-corrected chi connectivity index (χ1v) is 5.78. The van der Waals surface area contributed by atoms with Crippen molar-refractivity contribution in [2.45, 2.75) is 6.18 Å². The molecule has 3 heterocycles. The third-order valence-corrected chi connectivity index (χ3v) is 2.83. The zero-order valence-electron chi connectivity index (χ0n) is 10.3. The van der Waals surface area contributed by atoms with Crippen molar-refractivity contribution in [2.75, 3.05) is 0 Å². The minimum atomic E-state index is -4.67. The Morgan fingerprint density at radius 2 is 1.81 bits per heavy atom. The smallest absolute Gasteiger partial charge is 0.265 e. The van der Waals surface area contributed by atoms with Gasteiger partial charge < -0.3 is 0 Å². The summed E-state index contributed by atoms with van der Waals surface area (Å²) in [6, 6.07) is 8.02. The van der Waals surface area contributed by atoms with E-state index in [-0.39, 0.29) is 11.2 Å². The van der Waals surface area contributed by atoms with E-state index < -0.39 is 12.0 Å². The highest BCUT2D eigenvalue weighted by Gasteiger charge is 2.36. The summed E-state index contributed by atoms with van der Waals surface area (Å²) in [7, 11) is 0. The third kappa shape index (κ3) is 2.18. The molecule has 0 radical (unpaired) electrons. The molecule has 0 saturated carbocycles. The number of nitrogens with zero attached hydrogens (tertiary/aromatic N) is 5. The molecule has 0 aromatic carbocycles. The molecule has 0 saturated heterocycles. The average molecular weight is 289 g/mol. The molecule has 0 unspecified atom stereocenters. The summed E-state index contributed by atoms with van der Waals surface area (Å²) in [5.74, 6) is -1.28. The van der Waals surface area contributed by atoms with Crippen molar-refractivity contribution >= 4 is 5.65 Å². The Labute approximate surface area is 116 Å². The number of rotatable bonds is 1. The topological polar surface area (TPSA) is 66.9 Å². The number of hydrogen-bond donors (Lipinski definition) is 0. The van der Waals surface area contributed by atoms with Gasteiger partial charge in [0, 0.05) is 18.0 Å². The van der Waals surface area contributed by atoms with Gasteiger partial charge in [0.2, 0.25) is 0 Å². The Kier molecular flexibility index (Phi) is 2.83. The summed E-state index contributed by atoms with van der Waals surface area (Å²) < 4.78 is 39.3. The molecule has 5 nitrogen and oxygen atoms in total. The van der Waals surface area contributed by atoms with E-state index in [1.807, 2.05) is 6.07 Å². The average Bonchev–Trinajstić information content (AvgIpc) is 2.92. The first kappa shape index (κ1) is 13.1. The summed E-state index contributed by atoms with van der Waals surface area (Å²) in [5, 5.41) is 12.5. The zero-order valence-corrected chi connectivity index (χ0v) is 10.3. The van der Waals surface area contributed by atoms with Gasteiger partial charge in [0.05, 0.1) is 11.3 Å². The van der Waals surface area contributed by atoms with Gasteiger partial charge in [0.15, 0.2) is 5.65 Å². The van der Waals surface area contributed by atoms with Gasteiger partial charge in [0.25, 0.3) is 5.82 Å². The van der Waals surface area contributed by atoms with Crippen LogP contribution in [-0.2, 0) is 6.18 Å². The van der Waals surface area contributed by atoms with E-state index >= 15 is 0 Å². The quantitative estimate of drug-likeness (QED) is 0.690. The maximum Gasteiger partial charge on any atom is 0.453 e. The Morgan fingerprint density at radius 3 is 2.43 bits per heavy atom. The van der Waals surface area contributed by atoms with Gasteiger partial charge in [-0.2, -0.15) is 18.4 Å². The van der Waals surface area contributed by atoms with Crippen molar-refractivity contribution in [3.05, 3.63) is 48.0 Å². The monoisotopic (exact) mass is 289 g/mol. The molecule has 104 valence electrons. The second-order valence-corrected chi connectivity index (χ2v) is 4.15. The molecule has 3 rings (SSSR count). The highest BCUT2D eigenvalue weighted by atomic mass is 19.4. The second-order valence-electron chi connectivity index (χ2n) is 4.15. The van der Waals surface area contributed by atoms with E-state index in [4.69, 9.17) is 5.26 Å². The molecule has 0 bridgehead atoms. The second kappa shape index (κ2) is 4.56. The van der Waals surface area contributed by atoms with Crippen molar-refractivity contribution in [2.24, 2.45) is 0 Å². The third-order valence-electron chi connectivity index (χ3n) is 2.83. The van der Waals surface area contributed by atoms with Crippen LogP contribution in [0.2, 0.25) is 0 Å². The normalized spacial score (nSPS) is 11.5. The summed E-state index contributed by atoms with van der Waals surface area (Å²) in [5.41, 5.74) is 0.919. The van der Waals surface area contributed by atoms with E-state index in [0.717, 1.165) is 4.52 Å². The zero-order chi connectivity index (χ0) is 15.0. The lowest BCUT2D eigenvalue weighted by Crippen LogP contribution is -2.07. The van der Waals surface area contributed by atoms with Crippen molar-refractivity contribution in [1.29, 1.82) is 5.26 Å². The van der Waals surface area contributed by atoms with Crippen LogP contribution in [0.5, 0.6) is 0 Å². The molecule has 0 amide bonds. The number of pyridine rings is 2. The molecule has 0 atom stereocenters. The molecule has 0 aliphatic rings. The highest BCUT2D eigenvalue weighted by molar-refractivity contribution is 5.66. The maximum absolute atomic E-state index is 12.8. The fourth-order valence-corrected chi connectivity index (χ4v) is 1.91. The number of fused-ring (bicyclic) bond motifs is 1. The Bertz CT molecular complexity index is 846. The molecule has 0 spiro atoms. The van der Waals surface area contributed by atoms with Gasteiger partial charge in [0.1, 0.15) is 6.07 Å². The molecule has 0 fully saturated rings. The van der Waals surface area contributed by atoms with Crippen LogP contribution >= 0.6 is 0 Å². The van der Waals surface area contributed by atoms with Gasteiger partial charge in [-0.3, -0.25) is 4.98 Å². The minimum Gasteiger partial charge on any atom is -0.265 e. The number of nitriles is 1. The molecule has 0 aliphatic heterocycles. The summed E-state index contributed by atoms with van der Waals surface area (Å²) >= 11 is 0. The van der Waals surface area contributed by atoms with Crippen LogP contribution in [0.4, 0.5) is 13.2 Å². The Morgan fingerprint density at radius 1 is 1.10 bits per heavy atom. The van der Waals surface area contributed by atoms with Crippen molar-refractivity contribution in [3.8, 4) is 17.3 Å². The lowest BCUT2D eigenvalue weighted by molar-refractivity contribution is -0.144. The van der Waals surface area contributed by atoms with E-state index in [1.54, 1.807) is 12.1 Å². The van der Waals surface area contributed by atoms with E-state index in [2.05, 4.69) is 15.1 Å². The molecule has 0 N–H and O–H groups in total. The van der Waals surface area contributed by atoms with Gasteiger partial charge in [-0.25, -0.2) is 9.50 Å². The first-order chi connectivity index (χ1) is 10.0. The molecule has 3 aromatic rings. The number of hydrogen-bond acceptors (Lipinski definition) is 4. The highest BCUT2D eigenvalue weighted by Crippen LogP contribution is 2.29. The van der Waals surface area contributed by atoms with Crippen LogP contribution in [0.25, 0.3) is 16.9 Å². The molecule has 3 aromatic heterocycles. The van der Waals surface area contributed by atoms with Crippen LogP contribution in [0, 0.1) is 11.3 Å². The predicted molar refractivity (Wildman–Crippen MR) is 65.9 cm³/mol. The van der Waals surface area contributed by atoms with Crippen molar-refractivity contribution in [1.82, 2.24) is 19.6 Å². The minimum absolute atomic E-state index is 0.0239. The Balaban J connectivity index is 2.33. The van der Waals surface area contributed by atoms with Gasteiger partial charge in [-0.15, -0.1) is 5.10 Å². The van der Waals surface area contributed by atoms with E-state index in [1.165, 1.54) is 24.5 Å². The largest absolute Gasteiger partial charge is 0.453 e. The molecule has 8 heteroatoms. The van der Waals surface area contributed by atoms with E-state index in [0.29, 0.717) is 11.3 Å². The number of aromatic nitrogens is 4. The van der Waals surface area contributed by atoms with E-state index in [9.17, 15) is 13.2 Å². The number of halogens is 3. The molecule has 21 heavy (non-hydrogen) atoms. The molecular weight excluding hydrogens is 283 g/mol. The lowest BCUT2D eigenvalue weighted by atomic mass is 10.1. The summed E-state index contributed by atoms with van der Waals surface area (Å²) in [6.45, 7) is 0. The van der Waals surface area contributed by atoms with Crippen LogP contribution in [0.15, 0.2) is 36.7 Å². The fraction of sp³-hybridized carbons (Fsp3) is 0.0769. The van der Waals surface area contributed by atoms with Crippen molar-refractivity contribution < 1.29 is 13.2 Å². The molecule has 0 aliphatic carbocycles.